The molecule has 150 valence electrons. The average Bonchev–Trinajstić information content (AvgIpc) is 2.67. The van der Waals surface area contributed by atoms with Crippen molar-refractivity contribution in [3.8, 4) is 11.6 Å². The monoisotopic (exact) mass is 381 g/mol. The van der Waals surface area contributed by atoms with Crippen molar-refractivity contribution in [2.45, 2.75) is 51.8 Å². The quantitative estimate of drug-likeness (QED) is 0.870. The molecule has 1 unspecified atom stereocenters. The van der Waals surface area contributed by atoms with Gasteiger partial charge in [-0.15, -0.1) is 0 Å². The van der Waals surface area contributed by atoms with Gasteiger partial charge in [0.05, 0.1) is 0 Å². The Morgan fingerprint density at radius 2 is 2.07 bits per heavy atom. The number of hydrogen-bond acceptors (Lipinski definition) is 5. The molecule has 1 aromatic heterocycles. The largest absolute Gasteiger partial charge is 0.483 e. The van der Waals surface area contributed by atoms with Crippen molar-refractivity contribution in [1.29, 1.82) is 0 Å². The lowest BCUT2D eigenvalue weighted by Crippen LogP contribution is -2.45. The van der Waals surface area contributed by atoms with E-state index in [1.54, 1.807) is 0 Å². The molecule has 0 aliphatic carbocycles. The Labute approximate surface area is 168 Å². The van der Waals surface area contributed by atoms with Gasteiger partial charge >= 0.3 is 0 Å². The van der Waals surface area contributed by atoms with Crippen molar-refractivity contribution < 1.29 is 9.47 Å². The van der Waals surface area contributed by atoms with Gasteiger partial charge in [-0.25, -0.2) is 4.98 Å². The van der Waals surface area contributed by atoms with Gasteiger partial charge in [-0.2, -0.15) is 0 Å². The van der Waals surface area contributed by atoms with E-state index < -0.39 is 0 Å². The van der Waals surface area contributed by atoms with E-state index in [1.165, 1.54) is 11.1 Å². The van der Waals surface area contributed by atoms with E-state index in [1.807, 2.05) is 20.0 Å². The van der Waals surface area contributed by atoms with E-state index in [9.17, 15) is 0 Å². The van der Waals surface area contributed by atoms with Crippen molar-refractivity contribution in [3.05, 3.63) is 53.2 Å². The van der Waals surface area contributed by atoms with Crippen LogP contribution in [-0.2, 0) is 6.54 Å². The van der Waals surface area contributed by atoms with Gasteiger partial charge in [0.2, 0.25) is 0 Å². The van der Waals surface area contributed by atoms with Gasteiger partial charge in [-0.1, -0.05) is 38.1 Å². The fraction of sp³-hybridized carbons (Fsp3) is 0.522. The van der Waals surface area contributed by atoms with Crippen LogP contribution in [0.1, 0.15) is 56.3 Å². The standard InChI is InChI=1S/C23H31N3O2/c1-16(2)18-7-5-6-8-19(18)20-14-26(12-11-24-20)13-17-9-10-25-22-21(17)27-15-23(3,4)28-22/h5-10,16,20,24H,11-15H2,1-4H3. The summed E-state index contributed by atoms with van der Waals surface area (Å²) in [5, 5.41) is 3.71. The minimum Gasteiger partial charge on any atom is -0.483 e. The first-order valence-electron chi connectivity index (χ1n) is 10.3. The summed E-state index contributed by atoms with van der Waals surface area (Å²) in [6.07, 6.45) is 1.83. The van der Waals surface area contributed by atoms with E-state index in [2.05, 4.69) is 59.4 Å². The summed E-state index contributed by atoms with van der Waals surface area (Å²) in [5.41, 5.74) is 3.67. The molecule has 3 heterocycles. The van der Waals surface area contributed by atoms with Crippen LogP contribution in [0.2, 0.25) is 0 Å². The van der Waals surface area contributed by atoms with Crippen molar-refractivity contribution in [2.24, 2.45) is 0 Å². The summed E-state index contributed by atoms with van der Waals surface area (Å²) in [6, 6.07) is 11.2. The molecular weight excluding hydrogens is 350 g/mol. The highest BCUT2D eigenvalue weighted by molar-refractivity contribution is 5.43. The number of nitrogens with zero attached hydrogens (tertiary/aromatic N) is 2. The second-order valence-electron chi connectivity index (χ2n) is 8.78. The number of benzene rings is 1. The fourth-order valence-electron chi connectivity index (χ4n) is 4.11. The van der Waals surface area contributed by atoms with Crippen molar-refractivity contribution >= 4 is 0 Å². The number of piperazine rings is 1. The molecule has 5 heteroatoms. The molecule has 0 radical (unpaired) electrons. The molecule has 0 spiro atoms. The second-order valence-corrected chi connectivity index (χ2v) is 8.78. The maximum Gasteiger partial charge on any atom is 0.257 e. The van der Waals surface area contributed by atoms with Gasteiger partial charge in [-0.3, -0.25) is 4.90 Å². The predicted octanol–water partition coefficient (Wildman–Crippen LogP) is 3.90. The Balaban J connectivity index is 1.52. The van der Waals surface area contributed by atoms with E-state index >= 15 is 0 Å². The molecule has 0 amide bonds. The maximum absolute atomic E-state index is 6.04. The Bertz CT molecular complexity index is 834. The molecule has 4 rings (SSSR count). The minimum atomic E-state index is -0.334. The molecule has 1 saturated heterocycles. The van der Waals surface area contributed by atoms with Crippen LogP contribution in [0, 0.1) is 0 Å². The van der Waals surface area contributed by atoms with E-state index in [0.29, 0.717) is 24.4 Å². The third-order valence-corrected chi connectivity index (χ3v) is 5.54. The lowest BCUT2D eigenvalue weighted by Gasteiger charge is -2.36. The number of rotatable bonds is 4. The normalized spacial score (nSPS) is 21.7. The molecular formula is C23H31N3O2. The zero-order valence-electron chi connectivity index (χ0n) is 17.4. The Kier molecular flexibility index (Phi) is 5.30. The third kappa shape index (κ3) is 4.01. The maximum atomic E-state index is 6.04. The zero-order valence-corrected chi connectivity index (χ0v) is 17.4. The summed E-state index contributed by atoms with van der Waals surface area (Å²) in [4.78, 5) is 6.88. The van der Waals surface area contributed by atoms with Gasteiger partial charge in [-0.05, 0) is 37.0 Å². The molecule has 1 N–H and O–H groups in total. The SMILES string of the molecule is CC(C)c1ccccc1C1CN(Cc2ccnc3c2OCC(C)(C)O3)CCN1. The van der Waals surface area contributed by atoms with E-state index in [-0.39, 0.29) is 5.60 Å². The number of hydrogen-bond donors (Lipinski definition) is 1. The molecule has 5 nitrogen and oxygen atoms in total. The fourth-order valence-corrected chi connectivity index (χ4v) is 4.11. The third-order valence-electron chi connectivity index (χ3n) is 5.54. The van der Waals surface area contributed by atoms with Crippen LogP contribution < -0.4 is 14.8 Å². The van der Waals surface area contributed by atoms with Crippen LogP contribution in [0.5, 0.6) is 11.6 Å². The van der Waals surface area contributed by atoms with Gasteiger partial charge in [0.25, 0.3) is 5.88 Å². The lowest BCUT2D eigenvalue weighted by atomic mass is 9.92. The minimum absolute atomic E-state index is 0.334. The topological polar surface area (TPSA) is 46.6 Å². The second kappa shape index (κ2) is 7.72. The first-order chi connectivity index (χ1) is 13.4. The highest BCUT2D eigenvalue weighted by Gasteiger charge is 2.31. The van der Waals surface area contributed by atoms with Gasteiger partial charge in [0.1, 0.15) is 12.2 Å². The number of fused-ring (bicyclic) bond motifs is 1. The van der Waals surface area contributed by atoms with E-state index in [4.69, 9.17) is 9.47 Å². The number of pyridine rings is 1. The molecule has 28 heavy (non-hydrogen) atoms. The molecule has 2 aromatic rings. The summed E-state index contributed by atoms with van der Waals surface area (Å²) >= 11 is 0. The van der Waals surface area contributed by atoms with Gasteiger partial charge in [0, 0.05) is 44.0 Å². The summed E-state index contributed by atoms with van der Waals surface area (Å²) in [6.45, 7) is 12.9. The molecule has 1 fully saturated rings. The molecule has 0 saturated carbocycles. The molecule has 2 aliphatic heterocycles. The molecule has 1 atom stereocenters. The van der Waals surface area contributed by atoms with Crippen LogP contribution in [-0.4, -0.2) is 41.7 Å². The van der Waals surface area contributed by atoms with E-state index in [0.717, 1.165) is 37.5 Å². The van der Waals surface area contributed by atoms with Crippen molar-refractivity contribution in [3.63, 3.8) is 0 Å². The first-order valence-corrected chi connectivity index (χ1v) is 10.3. The van der Waals surface area contributed by atoms with Crippen molar-refractivity contribution in [1.82, 2.24) is 15.2 Å². The summed E-state index contributed by atoms with van der Waals surface area (Å²) < 4.78 is 12.1. The first kappa shape index (κ1) is 19.2. The van der Waals surface area contributed by atoms with Crippen LogP contribution in [0.15, 0.2) is 36.5 Å². The summed E-state index contributed by atoms with van der Waals surface area (Å²) in [5.74, 6) is 1.94. The Hall–Kier alpha value is -2.11. The molecule has 0 bridgehead atoms. The predicted molar refractivity (Wildman–Crippen MR) is 111 cm³/mol. The number of aromatic nitrogens is 1. The average molecular weight is 382 g/mol. The summed E-state index contributed by atoms with van der Waals surface area (Å²) in [7, 11) is 0. The van der Waals surface area contributed by atoms with Crippen LogP contribution in [0.4, 0.5) is 0 Å². The smallest absolute Gasteiger partial charge is 0.257 e. The molecule has 2 aliphatic rings. The van der Waals surface area contributed by atoms with Crippen LogP contribution in [0.25, 0.3) is 0 Å². The van der Waals surface area contributed by atoms with Gasteiger partial charge in [0.15, 0.2) is 5.75 Å². The molecule has 1 aromatic carbocycles. The van der Waals surface area contributed by atoms with Crippen LogP contribution >= 0.6 is 0 Å². The Morgan fingerprint density at radius 1 is 1.25 bits per heavy atom. The lowest BCUT2D eigenvalue weighted by molar-refractivity contribution is 0.0148. The van der Waals surface area contributed by atoms with Crippen molar-refractivity contribution in [2.75, 3.05) is 26.2 Å². The van der Waals surface area contributed by atoms with Crippen LogP contribution in [0.3, 0.4) is 0 Å². The number of nitrogens with one attached hydrogen (secondary N) is 1. The highest BCUT2D eigenvalue weighted by Crippen LogP contribution is 2.37. The Morgan fingerprint density at radius 3 is 2.89 bits per heavy atom. The number of ether oxygens (including phenoxy) is 2. The zero-order chi connectivity index (χ0) is 19.7. The highest BCUT2D eigenvalue weighted by atomic mass is 16.6. The van der Waals surface area contributed by atoms with Gasteiger partial charge < -0.3 is 14.8 Å².